The van der Waals surface area contributed by atoms with E-state index in [0.29, 0.717) is 17.4 Å². The molecule has 0 heterocycles. The Hall–Kier alpha value is -1.70. The Morgan fingerprint density at radius 1 is 0.750 bits per heavy atom. The van der Waals surface area contributed by atoms with Gasteiger partial charge in [-0.2, -0.15) is 0 Å². The summed E-state index contributed by atoms with van der Waals surface area (Å²) in [6.45, 7) is 8.57. The van der Waals surface area contributed by atoms with Gasteiger partial charge in [-0.15, -0.1) is 0 Å². The van der Waals surface area contributed by atoms with E-state index in [2.05, 4.69) is 33.8 Å². The topological polar surface area (TPSA) is 0 Å². The largest absolute Gasteiger partial charge is 0.207 e. The van der Waals surface area contributed by atoms with Crippen molar-refractivity contribution in [2.24, 2.45) is 0 Å². The predicted molar refractivity (Wildman–Crippen MR) is 80.0 cm³/mol. The van der Waals surface area contributed by atoms with Crippen LogP contribution >= 0.6 is 0 Å². The highest BCUT2D eigenvalue weighted by atomic mass is 19.1. The summed E-state index contributed by atoms with van der Waals surface area (Å²) in [6.07, 6.45) is 0. The fourth-order valence-corrected chi connectivity index (χ4v) is 2.49. The van der Waals surface area contributed by atoms with Crippen LogP contribution in [0.25, 0.3) is 11.1 Å². The first-order valence-corrected chi connectivity index (χ1v) is 6.99. The Morgan fingerprint density at radius 3 is 1.95 bits per heavy atom. The first-order valence-electron chi connectivity index (χ1n) is 6.99. The van der Waals surface area contributed by atoms with Gasteiger partial charge in [-0.05, 0) is 40.7 Å². The van der Waals surface area contributed by atoms with Gasteiger partial charge in [0.05, 0.1) is 0 Å². The Kier molecular flexibility index (Phi) is 4.22. The van der Waals surface area contributed by atoms with E-state index in [0.717, 1.165) is 11.6 Å². The minimum atomic E-state index is -0.547. The smallest absolute Gasteiger partial charge is 0.133 e. The molecule has 2 aromatic rings. The van der Waals surface area contributed by atoms with Gasteiger partial charge in [-0.25, -0.2) is 8.78 Å². The van der Waals surface area contributed by atoms with Crippen LogP contribution in [-0.2, 0) is 0 Å². The fraction of sp³-hybridized carbons (Fsp3) is 0.333. The summed E-state index contributed by atoms with van der Waals surface area (Å²) in [6, 6.07) is 9.72. The highest BCUT2D eigenvalue weighted by molar-refractivity contribution is 5.66. The lowest BCUT2D eigenvalue weighted by Crippen LogP contribution is -1.99. The second-order valence-corrected chi connectivity index (χ2v) is 5.78. The van der Waals surface area contributed by atoms with Crippen LogP contribution in [-0.4, -0.2) is 0 Å². The summed E-state index contributed by atoms with van der Waals surface area (Å²) in [7, 11) is 0. The lowest BCUT2D eigenvalue weighted by atomic mass is 9.88. The third kappa shape index (κ3) is 2.90. The predicted octanol–water partition coefficient (Wildman–Crippen LogP) is 5.88. The Balaban J connectivity index is 2.56. The third-order valence-corrected chi connectivity index (χ3v) is 3.57. The second-order valence-electron chi connectivity index (χ2n) is 5.78. The number of rotatable bonds is 3. The van der Waals surface area contributed by atoms with Crippen LogP contribution in [0.15, 0.2) is 36.4 Å². The molecule has 0 aliphatic carbocycles. The minimum absolute atomic E-state index is 0.371. The van der Waals surface area contributed by atoms with Crippen LogP contribution in [0.5, 0.6) is 0 Å². The molecule has 0 radical (unpaired) electrons. The van der Waals surface area contributed by atoms with E-state index in [9.17, 15) is 8.78 Å². The van der Waals surface area contributed by atoms with Gasteiger partial charge in [-0.3, -0.25) is 0 Å². The molecule has 0 fully saturated rings. The Labute approximate surface area is 119 Å². The summed E-state index contributed by atoms with van der Waals surface area (Å²) in [5.41, 5.74) is 3.76. The fourth-order valence-electron chi connectivity index (χ4n) is 2.49. The molecule has 0 saturated heterocycles. The first-order chi connectivity index (χ1) is 9.40. The molecule has 0 bridgehead atoms. The average Bonchev–Trinajstić information content (AvgIpc) is 2.37. The molecule has 106 valence electrons. The number of benzene rings is 2. The van der Waals surface area contributed by atoms with Gasteiger partial charge in [0.1, 0.15) is 11.6 Å². The minimum Gasteiger partial charge on any atom is -0.207 e. The van der Waals surface area contributed by atoms with Crippen LogP contribution in [0.4, 0.5) is 8.78 Å². The molecule has 0 atom stereocenters. The van der Waals surface area contributed by atoms with Crippen molar-refractivity contribution >= 4 is 0 Å². The summed E-state index contributed by atoms with van der Waals surface area (Å²) >= 11 is 0. The van der Waals surface area contributed by atoms with E-state index < -0.39 is 11.6 Å². The van der Waals surface area contributed by atoms with Gasteiger partial charge in [0.15, 0.2) is 0 Å². The van der Waals surface area contributed by atoms with E-state index >= 15 is 0 Å². The molecular formula is C18H20F2. The monoisotopic (exact) mass is 274 g/mol. The van der Waals surface area contributed by atoms with Crippen LogP contribution < -0.4 is 0 Å². The Morgan fingerprint density at radius 2 is 1.40 bits per heavy atom. The maximum absolute atomic E-state index is 13.9. The average molecular weight is 274 g/mol. The molecule has 0 N–H and O–H groups in total. The zero-order valence-corrected chi connectivity index (χ0v) is 12.4. The molecule has 2 heteroatoms. The SMILES string of the molecule is CC(C)c1ccc(-c2ccc(F)cc2F)cc1C(C)C. The molecule has 0 unspecified atom stereocenters. The van der Waals surface area contributed by atoms with Crippen molar-refractivity contribution in [2.45, 2.75) is 39.5 Å². The highest BCUT2D eigenvalue weighted by Gasteiger charge is 2.13. The number of hydrogen-bond acceptors (Lipinski definition) is 0. The lowest BCUT2D eigenvalue weighted by Gasteiger charge is -2.17. The summed E-state index contributed by atoms with van der Waals surface area (Å²) < 4.78 is 26.9. The molecule has 0 saturated carbocycles. The number of hydrogen-bond donors (Lipinski definition) is 0. The van der Waals surface area contributed by atoms with Gasteiger partial charge >= 0.3 is 0 Å². The second kappa shape index (κ2) is 5.74. The van der Waals surface area contributed by atoms with Crippen molar-refractivity contribution in [2.75, 3.05) is 0 Å². The summed E-state index contributed by atoms with van der Waals surface area (Å²) in [4.78, 5) is 0. The molecule has 0 amide bonds. The van der Waals surface area contributed by atoms with Gasteiger partial charge in [0.2, 0.25) is 0 Å². The van der Waals surface area contributed by atoms with Crippen molar-refractivity contribution in [3.05, 3.63) is 59.2 Å². The highest BCUT2D eigenvalue weighted by Crippen LogP contribution is 2.32. The maximum atomic E-state index is 13.9. The normalized spacial score (nSPS) is 11.4. The zero-order chi connectivity index (χ0) is 14.9. The van der Waals surface area contributed by atoms with Gasteiger partial charge < -0.3 is 0 Å². The van der Waals surface area contributed by atoms with Gasteiger partial charge in [0.25, 0.3) is 0 Å². The number of halogens is 2. The van der Waals surface area contributed by atoms with E-state index in [4.69, 9.17) is 0 Å². The molecule has 2 rings (SSSR count). The van der Waals surface area contributed by atoms with E-state index in [-0.39, 0.29) is 0 Å². The third-order valence-electron chi connectivity index (χ3n) is 3.57. The lowest BCUT2D eigenvalue weighted by molar-refractivity contribution is 0.585. The molecule has 0 aromatic heterocycles. The van der Waals surface area contributed by atoms with Crippen LogP contribution in [0.1, 0.15) is 50.7 Å². The van der Waals surface area contributed by atoms with E-state index in [1.807, 2.05) is 12.1 Å². The molecule has 0 nitrogen and oxygen atoms in total. The van der Waals surface area contributed by atoms with Gasteiger partial charge in [0, 0.05) is 11.6 Å². The van der Waals surface area contributed by atoms with Crippen molar-refractivity contribution in [3.63, 3.8) is 0 Å². The van der Waals surface area contributed by atoms with Crippen LogP contribution in [0.3, 0.4) is 0 Å². The van der Waals surface area contributed by atoms with Crippen molar-refractivity contribution < 1.29 is 8.78 Å². The molecule has 20 heavy (non-hydrogen) atoms. The van der Waals surface area contributed by atoms with E-state index in [1.54, 1.807) is 0 Å². The first kappa shape index (κ1) is 14.7. The van der Waals surface area contributed by atoms with Crippen molar-refractivity contribution in [3.8, 4) is 11.1 Å². The quantitative estimate of drug-likeness (QED) is 0.655. The molecule has 2 aromatic carbocycles. The maximum Gasteiger partial charge on any atom is 0.133 e. The zero-order valence-electron chi connectivity index (χ0n) is 12.4. The van der Waals surface area contributed by atoms with Crippen LogP contribution in [0, 0.1) is 11.6 Å². The molecule has 0 aliphatic heterocycles. The van der Waals surface area contributed by atoms with Crippen molar-refractivity contribution in [1.82, 2.24) is 0 Å². The van der Waals surface area contributed by atoms with Gasteiger partial charge in [-0.1, -0.05) is 45.9 Å². The summed E-state index contributed by atoms with van der Waals surface area (Å²) in [5.74, 6) is -0.262. The molecule has 0 spiro atoms. The molecular weight excluding hydrogens is 254 g/mol. The Bertz CT molecular complexity index is 613. The van der Waals surface area contributed by atoms with E-state index in [1.165, 1.54) is 23.3 Å². The molecule has 0 aliphatic rings. The van der Waals surface area contributed by atoms with Crippen LogP contribution in [0.2, 0.25) is 0 Å². The van der Waals surface area contributed by atoms with Crippen molar-refractivity contribution in [1.29, 1.82) is 0 Å². The standard InChI is InChI=1S/C18H20F2/c1-11(2)15-7-5-13(9-17(15)12(3)4)16-8-6-14(19)10-18(16)20/h5-12H,1-4H3. The summed E-state index contributed by atoms with van der Waals surface area (Å²) in [5, 5.41) is 0.